The quantitative estimate of drug-likeness (QED) is 0.158. The highest BCUT2D eigenvalue weighted by Crippen LogP contribution is 2.77. The molecule has 1 aromatic carbocycles. The first-order valence-electron chi connectivity index (χ1n) is 18.1. The zero-order valence-corrected chi connectivity index (χ0v) is 28.9. The number of phenolic OH excluding ortho intramolecular Hbond substituents is 2. The number of benzene rings is 1. The van der Waals surface area contributed by atoms with Crippen LogP contribution in [-0.4, -0.2) is 51.1 Å². The minimum Gasteiger partial charge on any atom is -0.504 e. The van der Waals surface area contributed by atoms with Gasteiger partial charge < -0.3 is 30.3 Å². The molecule has 0 radical (unpaired) electrons. The lowest BCUT2D eigenvalue weighted by atomic mass is 9.31. The molecule has 0 saturated heterocycles. The Bertz CT molecular complexity index is 1250. The van der Waals surface area contributed by atoms with Gasteiger partial charge in [0.1, 0.15) is 0 Å². The van der Waals surface area contributed by atoms with Crippen LogP contribution in [0.25, 0.3) is 0 Å². The van der Waals surface area contributed by atoms with Crippen LogP contribution >= 0.6 is 0 Å². The summed E-state index contributed by atoms with van der Waals surface area (Å²) in [6, 6.07) is 4.76. The van der Waals surface area contributed by atoms with Gasteiger partial charge in [-0.25, -0.2) is 0 Å². The third kappa shape index (κ3) is 5.09. The van der Waals surface area contributed by atoms with Crippen LogP contribution < -0.4 is 0 Å². The molecule has 6 rings (SSSR count). The molecule has 0 heterocycles. The van der Waals surface area contributed by atoms with Gasteiger partial charge in [-0.1, -0.05) is 47.6 Å². The van der Waals surface area contributed by atoms with Gasteiger partial charge in [0.2, 0.25) is 0 Å². The van der Waals surface area contributed by atoms with Crippen LogP contribution in [0, 0.1) is 56.2 Å². The number of aromatic hydroxyl groups is 2. The van der Waals surface area contributed by atoms with E-state index in [0.717, 1.165) is 31.2 Å². The molecule has 5 N–H and O–H groups in total. The molecule has 0 bridgehead atoms. The lowest BCUT2D eigenvalue weighted by Gasteiger charge is -2.74. The third-order valence-electron chi connectivity index (χ3n) is 15.9. The zero-order valence-electron chi connectivity index (χ0n) is 28.9. The molecule has 0 aromatic heterocycles. The summed E-state index contributed by atoms with van der Waals surface area (Å²) < 4.78 is 6.40. The summed E-state index contributed by atoms with van der Waals surface area (Å²) in [6.45, 7) is 15.3. The van der Waals surface area contributed by atoms with E-state index < -0.39 is 11.7 Å². The van der Waals surface area contributed by atoms with E-state index in [9.17, 15) is 25.5 Å². The molecule has 6 nitrogen and oxygen atoms in total. The molecule has 5 fully saturated rings. The van der Waals surface area contributed by atoms with Gasteiger partial charge in [-0.15, -0.1) is 0 Å². The van der Waals surface area contributed by atoms with E-state index in [2.05, 4.69) is 41.5 Å². The summed E-state index contributed by atoms with van der Waals surface area (Å²) in [4.78, 5) is 0. The minimum absolute atomic E-state index is 0.0516. The Labute approximate surface area is 272 Å². The normalized spacial score (nSPS) is 46.3. The Balaban J connectivity index is 1.21. The van der Waals surface area contributed by atoms with Crippen LogP contribution in [0.5, 0.6) is 11.5 Å². The van der Waals surface area contributed by atoms with Crippen molar-refractivity contribution in [1.29, 1.82) is 0 Å². The van der Waals surface area contributed by atoms with E-state index in [-0.39, 0.29) is 45.9 Å². The zero-order chi connectivity index (χ0) is 32.6. The molecule has 0 amide bonds. The van der Waals surface area contributed by atoms with Crippen molar-refractivity contribution in [3.8, 4) is 11.5 Å². The monoisotopic (exact) mass is 626 g/mol. The predicted molar refractivity (Wildman–Crippen MR) is 177 cm³/mol. The van der Waals surface area contributed by atoms with Crippen molar-refractivity contribution in [1.82, 2.24) is 0 Å². The third-order valence-corrected chi connectivity index (χ3v) is 15.9. The van der Waals surface area contributed by atoms with Crippen molar-refractivity contribution in [2.75, 3.05) is 13.2 Å². The van der Waals surface area contributed by atoms with Crippen molar-refractivity contribution >= 4 is 0 Å². The molecular weight excluding hydrogens is 564 g/mol. The fourth-order valence-electron chi connectivity index (χ4n) is 12.9. The highest BCUT2D eigenvalue weighted by Gasteiger charge is 2.70. The Morgan fingerprint density at radius 2 is 1.49 bits per heavy atom. The second-order valence-corrected chi connectivity index (χ2v) is 18.3. The molecule has 5 aliphatic carbocycles. The molecular formula is C39H62O6. The van der Waals surface area contributed by atoms with Gasteiger partial charge in [-0.05, 0) is 145 Å². The Kier molecular flexibility index (Phi) is 8.49. The lowest BCUT2D eigenvalue weighted by molar-refractivity contribution is -0.278. The number of hydrogen-bond donors (Lipinski definition) is 5. The maximum Gasteiger partial charge on any atom is 0.157 e. The van der Waals surface area contributed by atoms with Gasteiger partial charge in [-0.3, -0.25) is 0 Å². The van der Waals surface area contributed by atoms with Crippen LogP contribution in [0.4, 0.5) is 0 Å². The number of hydrogen-bond acceptors (Lipinski definition) is 6. The van der Waals surface area contributed by atoms with Gasteiger partial charge in [0, 0.05) is 18.4 Å². The molecule has 11 atom stereocenters. The Morgan fingerprint density at radius 3 is 2.18 bits per heavy atom. The van der Waals surface area contributed by atoms with Crippen molar-refractivity contribution in [3.63, 3.8) is 0 Å². The fourth-order valence-corrected chi connectivity index (χ4v) is 12.9. The van der Waals surface area contributed by atoms with Gasteiger partial charge in [0.05, 0.1) is 12.7 Å². The van der Waals surface area contributed by atoms with Gasteiger partial charge in [-0.2, -0.15) is 0 Å². The first-order valence-corrected chi connectivity index (χ1v) is 18.1. The second kappa shape index (κ2) is 11.4. The van der Waals surface area contributed by atoms with E-state index in [1.165, 1.54) is 57.1 Å². The maximum absolute atomic E-state index is 11.0. The minimum atomic E-state index is -0.960. The number of fused-ring (bicyclic) bond motifs is 7. The molecule has 6 heteroatoms. The number of phenols is 2. The van der Waals surface area contributed by atoms with E-state index in [1.807, 2.05) is 0 Å². The Hall–Kier alpha value is -1.34. The molecule has 254 valence electrons. The summed E-state index contributed by atoms with van der Waals surface area (Å²) in [5, 5.41) is 52.4. The van der Waals surface area contributed by atoms with E-state index in [0.29, 0.717) is 48.5 Å². The fraction of sp³-hybridized carbons (Fsp3) is 0.846. The van der Waals surface area contributed by atoms with Crippen molar-refractivity contribution in [2.24, 2.45) is 56.2 Å². The van der Waals surface area contributed by atoms with Crippen LogP contribution in [0.3, 0.4) is 0 Å². The molecule has 0 spiro atoms. The first-order chi connectivity index (χ1) is 21.1. The molecule has 1 aromatic rings. The van der Waals surface area contributed by atoms with Crippen molar-refractivity contribution in [2.45, 2.75) is 137 Å². The van der Waals surface area contributed by atoms with Crippen LogP contribution in [-0.2, 0) is 11.2 Å². The Morgan fingerprint density at radius 1 is 0.756 bits per heavy atom. The maximum atomic E-state index is 11.0. The van der Waals surface area contributed by atoms with E-state index >= 15 is 0 Å². The molecule has 5 saturated carbocycles. The van der Waals surface area contributed by atoms with Crippen LogP contribution in [0.1, 0.15) is 124 Å². The highest BCUT2D eigenvalue weighted by atomic mass is 16.6. The van der Waals surface area contributed by atoms with Crippen LogP contribution in [0.2, 0.25) is 0 Å². The number of aryl methyl sites for hydroxylation is 1. The van der Waals surface area contributed by atoms with Gasteiger partial charge in [0.15, 0.2) is 17.8 Å². The average molecular weight is 627 g/mol. The number of aliphatic hydroxyl groups is 3. The summed E-state index contributed by atoms with van der Waals surface area (Å²) >= 11 is 0. The summed E-state index contributed by atoms with van der Waals surface area (Å²) in [7, 11) is 0. The number of aliphatic hydroxyl groups excluding tert-OH is 3. The predicted octanol–water partition coefficient (Wildman–Crippen LogP) is 7.58. The van der Waals surface area contributed by atoms with Gasteiger partial charge >= 0.3 is 0 Å². The van der Waals surface area contributed by atoms with Crippen molar-refractivity contribution < 1.29 is 30.3 Å². The average Bonchev–Trinajstić information content (AvgIpc) is 2.99. The summed E-state index contributed by atoms with van der Waals surface area (Å²) in [5.74, 6) is 1.87. The highest BCUT2D eigenvalue weighted by molar-refractivity contribution is 5.40. The smallest absolute Gasteiger partial charge is 0.157 e. The largest absolute Gasteiger partial charge is 0.504 e. The van der Waals surface area contributed by atoms with Gasteiger partial charge in [0.25, 0.3) is 0 Å². The molecule has 45 heavy (non-hydrogen) atoms. The molecule has 5 aliphatic rings. The van der Waals surface area contributed by atoms with E-state index in [4.69, 9.17) is 4.74 Å². The van der Waals surface area contributed by atoms with Crippen molar-refractivity contribution in [3.05, 3.63) is 23.8 Å². The summed E-state index contributed by atoms with van der Waals surface area (Å²) in [6.07, 6.45) is 12.4. The first kappa shape index (κ1) is 33.6. The topological polar surface area (TPSA) is 110 Å². The molecule has 0 aliphatic heterocycles. The second-order valence-electron chi connectivity index (χ2n) is 18.3. The lowest BCUT2D eigenvalue weighted by Crippen LogP contribution is -2.68. The molecule has 0 unspecified atom stereocenters. The SMILES string of the molecule is CC1(C)CC[C@]2(CO)CC[C@]3(C)[C@H](CC[C@@H]4[C@@]5(C)CC[C@H](O[C@@H](O)CCc6ccc(O)c(O)c6)[C@@](C)(CO)[C@@H]5CC[C@]43C)[C@H]2C1. The number of rotatable bonds is 7. The number of ether oxygens (including phenoxy) is 1. The van der Waals surface area contributed by atoms with E-state index in [1.54, 1.807) is 6.07 Å². The summed E-state index contributed by atoms with van der Waals surface area (Å²) in [5.41, 5.74) is 1.44. The van der Waals surface area contributed by atoms with Crippen LogP contribution in [0.15, 0.2) is 18.2 Å². The standard InChI is InChI=1S/C39H62O6/c1-34(2)17-19-39(24-41)20-18-37(5)26(27(39)22-34)9-11-31-35(3)15-14-32(36(4,23-40)30(35)13-16-38(31,37)6)45-33(44)12-8-25-7-10-28(42)29(43)21-25/h7,10,21,26-27,30-33,40-44H,8-9,11-20,22-24H2,1-6H3/t26-,27-,30-,31-,32+,33-,35+,36+,37-,38-,39-/m1/s1.